The number of halogens is 3. The van der Waals surface area contributed by atoms with Crippen LogP contribution in [0.5, 0.6) is 0 Å². The largest absolute Gasteiger partial charge is 0.487 e. The molecule has 1 N–H and O–H groups in total. The first-order valence-corrected chi connectivity index (χ1v) is 11.5. The lowest BCUT2D eigenvalue weighted by atomic mass is 10.00. The molecule has 1 amide bonds. The number of ether oxygens (including phenoxy) is 1. The van der Waals surface area contributed by atoms with Gasteiger partial charge in [0, 0.05) is 17.0 Å². The summed E-state index contributed by atoms with van der Waals surface area (Å²) in [7, 11) is 1.48. The summed E-state index contributed by atoms with van der Waals surface area (Å²) in [6.07, 6.45) is -4.04. The molecule has 0 fully saturated rings. The number of thioether (sulfide) groups is 1. The Hall–Kier alpha value is -2.94. The van der Waals surface area contributed by atoms with Gasteiger partial charge in [-0.2, -0.15) is 13.2 Å². The topological polar surface area (TPSA) is 59.9 Å². The number of nitrogens with one attached hydrogen (secondary N) is 1. The maximum Gasteiger partial charge on any atom is 0.450 e. The highest BCUT2D eigenvalue weighted by Crippen LogP contribution is 2.38. The number of benzene rings is 2. The van der Waals surface area contributed by atoms with Crippen molar-refractivity contribution in [3.8, 4) is 11.1 Å². The summed E-state index contributed by atoms with van der Waals surface area (Å²) < 4.78 is 44.4. The van der Waals surface area contributed by atoms with E-state index in [0.717, 1.165) is 28.6 Å². The van der Waals surface area contributed by atoms with E-state index in [0.29, 0.717) is 17.7 Å². The highest BCUT2D eigenvalue weighted by molar-refractivity contribution is 8.04. The van der Waals surface area contributed by atoms with Gasteiger partial charge in [0.2, 0.25) is 5.76 Å². The first-order valence-electron chi connectivity index (χ1n) is 10.5. The Morgan fingerprint density at radius 2 is 1.82 bits per heavy atom. The van der Waals surface area contributed by atoms with E-state index < -0.39 is 22.7 Å². The second-order valence-electron chi connectivity index (χ2n) is 6.50. The van der Waals surface area contributed by atoms with Crippen LogP contribution in [0.15, 0.2) is 64.4 Å². The van der Waals surface area contributed by atoms with E-state index in [1.807, 2.05) is 45.0 Å². The Labute approximate surface area is 196 Å². The van der Waals surface area contributed by atoms with Crippen LogP contribution in [0, 0.1) is 0 Å². The molecule has 0 saturated carbocycles. The zero-order valence-corrected chi connectivity index (χ0v) is 19.8. The van der Waals surface area contributed by atoms with Gasteiger partial charge in [-0.15, -0.1) is 11.8 Å². The summed E-state index contributed by atoms with van der Waals surface area (Å²) in [5.74, 6) is -1.82. The molecular formula is C24H27F3N2O3S. The third-order valence-electron chi connectivity index (χ3n) is 4.49. The number of carbonyl (C=O) groups excluding carboxylic acids is 1. The van der Waals surface area contributed by atoms with Gasteiger partial charge in [-0.25, -0.2) is 0 Å². The van der Waals surface area contributed by atoms with E-state index >= 15 is 0 Å². The Kier molecular flexibility index (Phi) is 9.84. The monoisotopic (exact) mass is 480 g/mol. The standard InChI is InChI=1S/C22H21F3N2O3S.C2H6/c1-3-17(27-29-2)15-10-8-14(9-11-15)16-6-4-5-7-18(16)26-21(28)19-20(22(23,24)25)30-12-13-31-19;1-2/h4-11H,3,12-13H2,1-2H3,(H,26,28);1-2H3/b27-17+;. The first-order chi connectivity index (χ1) is 15.8. The summed E-state index contributed by atoms with van der Waals surface area (Å²) in [5.41, 5.74) is 3.56. The second-order valence-corrected chi connectivity index (χ2v) is 7.61. The number of anilines is 1. The van der Waals surface area contributed by atoms with Crippen molar-refractivity contribution >= 4 is 29.1 Å². The summed E-state index contributed by atoms with van der Waals surface area (Å²) in [6.45, 7) is 5.87. The van der Waals surface area contributed by atoms with Crippen LogP contribution < -0.4 is 5.32 Å². The highest BCUT2D eigenvalue weighted by atomic mass is 32.2. The van der Waals surface area contributed by atoms with Crippen LogP contribution in [-0.2, 0) is 14.4 Å². The molecule has 1 heterocycles. The third kappa shape index (κ3) is 6.77. The van der Waals surface area contributed by atoms with Crippen LogP contribution in [0.1, 0.15) is 32.8 Å². The quantitative estimate of drug-likeness (QED) is 0.373. The predicted molar refractivity (Wildman–Crippen MR) is 127 cm³/mol. The molecule has 2 aromatic carbocycles. The van der Waals surface area contributed by atoms with Crippen LogP contribution in [0.4, 0.5) is 18.9 Å². The summed E-state index contributed by atoms with van der Waals surface area (Å²) in [4.78, 5) is 17.1. The van der Waals surface area contributed by atoms with Crippen molar-refractivity contribution in [1.29, 1.82) is 0 Å². The lowest BCUT2D eigenvalue weighted by molar-refractivity contribution is -0.133. The van der Waals surface area contributed by atoms with E-state index in [9.17, 15) is 18.0 Å². The fourth-order valence-corrected chi connectivity index (χ4v) is 3.95. The molecule has 0 aliphatic carbocycles. The molecule has 0 aromatic heterocycles. The fourth-order valence-electron chi connectivity index (χ4n) is 3.09. The maximum atomic E-state index is 13.2. The number of hydrogen-bond donors (Lipinski definition) is 1. The van der Waals surface area contributed by atoms with Crippen molar-refractivity contribution in [2.75, 3.05) is 24.8 Å². The zero-order valence-electron chi connectivity index (χ0n) is 19.0. The Morgan fingerprint density at radius 1 is 1.15 bits per heavy atom. The number of amides is 1. The van der Waals surface area contributed by atoms with Crippen LogP contribution >= 0.6 is 11.8 Å². The molecule has 5 nitrogen and oxygen atoms in total. The first kappa shape index (κ1) is 26.3. The average Bonchev–Trinajstić information content (AvgIpc) is 2.84. The van der Waals surface area contributed by atoms with Gasteiger partial charge >= 0.3 is 6.18 Å². The van der Waals surface area contributed by atoms with Gasteiger partial charge in [0.1, 0.15) is 12.0 Å². The van der Waals surface area contributed by atoms with Crippen LogP contribution in [0.25, 0.3) is 11.1 Å². The van der Waals surface area contributed by atoms with Crippen LogP contribution in [0.2, 0.25) is 0 Å². The molecule has 0 spiro atoms. The third-order valence-corrected chi connectivity index (χ3v) is 5.52. The smallest absolute Gasteiger partial charge is 0.450 e. The van der Waals surface area contributed by atoms with E-state index in [1.54, 1.807) is 24.3 Å². The molecule has 1 aliphatic rings. The van der Waals surface area contributed by atoms with Crippen molar-refractivity contribution < 1.29 is 27.5 Å². The predicted octanol–water partition coefficient (Wildman–Crippen LogP) is 6.62. The number of carbonyl (C=O) groups is 1. The Balaban J connectivity index is 0.00000187. The summed E-state index contributed by atoms with van der Waals surface area (Å²) >= 11 is 0.837. The fraction of sp³-hybridized carbons (Fsp3) is 0.333. The average molecular weight is 481 g/mol. The number of nitrogens with zero attached hydrogens (tertiary/aromatic N) is 1. The minimum absolute atomic E-state index is 0.0919. The Bertz CT molecular complexity index is 1000. The molecule has 9 heteroatoms. The van der Waals surface area contributed by atoms with Gasteiger partial charge in [-0.05, 0) is 23.6 Å². The van der Waals surface area contributed by atoms with Gasteiger partial charge in [0.05, 0.1) is 12.3 Å². The van der Waals surface area contributed by atoms with Gasteiger partial charge in [-0.1, -0.05) is 68.4 Å². The number of allylic oxidation sites excluding steroid dienone is 1. The van der Waals surface area contributed by atoms with E-state index in [2.05, 4.69) is 10.5 Å². The normalized spacial score (nSPS) is 14.1. The Morgan fingerprint density at radius 3 is 2.42 bits per heavy atom. The maximum absolute atomic E-state index is 13.2. The molecule has 0 atom stereocenters. The number of para-hydroxylation sites is 1. The number of hydrogen-bond acceptors (Lipinski definition) is 5. The minimum Gasteiger partial charge on any atom is -0.487 e. The van der Waals surface area contributed by atoms with Gasteiger partial charge in [-0.3, -0.25) is 4.79 Å². The highest BCUT2D eigenvalue weighted by Gasteiger charge is 2.42. The molecule has 0 bridgehead atoms. The van der Waals surface area contributed by atoms with Crippen molar-refractivity contribution in [3.63, 3.8) is 0 Å². The SMILES string of the molecule is CC.CC/C(=N\OC)c1ccc(-c2ccccc2NC(=O)C2=C(C(F)(F)F)OCCS2)cc1. The van der Waals surface area contributed by atoms with Crippen molar-refractivity contribution in [2.24, 2.45) is 5.16 Å². The molecule has 0 saturated heterocycles. The van der Waals surface area contributed by atoms with Crippen LogP contribution in [0.3, 0.4) is 0 Å². The number of rotatable bonds is 6. The zero-order chi connectivity index (χ0) is 24.4. The molecular weight excluding hydrogens is 453 g/mol. The van der Waals surface area contributed by atoms with Gasteiger partial charge in [0.25, 0.3) is 5.91 Å². The van der Waals surface area contributed by atoms with Crippen LogP contribution in [-0.4, -0.2) is 37.3 Å². The second kappa shape index (κ2) is 12.3. The van der Waals surface area contributed by atoms with E-state index in [-0.39, 0.29) is 12.4 Å². The van der Waals surface area contributed by atoms with Gasteiger partial charge in [0.15, 0.2) is 0 Å². The van der Waals surface area contributed by atoms with E-state index in [1.165, 1.54) is 7.11 Å². The molecule has 3 rings (SSSR count). The molecule has 0 radical (unpaired) electrons. The molecule has 0 unspecified atom stereocenters. The summed E-state index contributed by atoms with van der Waals surface area (Å²) in [6, 6.07) is 14.4. The van der Waals surface area contributed by atoms with Crippen molar-refractivity contribution in [3.05, 3.63) is 64.8 Å². The molecule has 33 heavy (non-hydrogen) atoms. The number of oxime groups is 1. The molecule has 1 aliphatic heterocycles. The van der Waals surface area contributed by atoms with Crippen molar-refractivity contribution in [2.45, 2.75) is 33.4 Å². The van der Waals surface area contributed by atoms with Gasteiger partial charge < -0.3 is 14.9 Å². The molecule has 178 valence electrons. The summed E-state index contributed by atoms with van der Waals surface area (Å²) in [5, 5.41) is 6.61. The van der Waals surface area contributed by atoms with Crippen molar-refractivity contribution in [1.82, 2.24) is 0 Å². The lowest BCUT2D eigenvalue weighted by Crippen LogP contribution is -2.26. The number of alkyl halides is 3. The van der Waals surface area contributed by atoms with E-state index in [4.69, 9.17) is 9.57 Å². The molecule has 2 aromatic rings. The lowest BCUT2D eigenvalue weighted by Gasteiger charge is -2.22. The minimum atomic E-state index is -4.73.